The topological polar surface area (TPSA) is 64.9 Å². The first-order chi connectivity index (χ1) is 10.7. The lowest BCUT2D eigenvalue weighted by Crippen LogP contribution is -2.13. The summed E-state index contributed by atoms with van der Waals surface area (Å²) in [4.78, 5) is 0. The third-order valence-corrected chi connectivity index (χ3v) is 3.37. The molecule has 22 heavy (non-hydrogen) atoms. The van der Waals surface area contributed by atoms with E-state index in [9.17, 15) is 4.39 Å². The molecule has 1 atom stereocenters. The number of benzene rings is 2. The second-order valence-corrected chi connectivity index (χ2v) is 5.13. The summed E-state index contributed by atoms with van der Waals surface area (Å²) in [7, 11) is 0. The average Bonchev–Trinajstić information content (AvgIpc) is 2.99. The lowest BCUT2D eigenvalue weighted by Gasteiger charge is -2.06. The Bertz CT molecular complexity index is 725. The predicted octanol–water partition coefficient (Wildman–Crippen LogP) is 3.04. The zero-order chi connectivity index (χ0) is 15.4. The summed E-state index contributed by atoms with van der Waals surface area (Å²) in [6.07, 6.45) is 1.10. The second kappa shape index (κ2) is 6.49. The summed E-state index contributed by atoms with van der Waals surface area (Å²) in [5.41, 5.74) is 8.14. The molecule has 3 aromatic rings. The summed E-state index contributed by atoms with van der Waals surface area (Å²) in [6, 6.07) is 15.8. The van der Waals surface area contributed by atoms with Crippen molar-refractivity contribution >= 4 is 0 Å². The first-order valence-electron chi connectivity index (χ1n) is 7.07. The highest BCUT2D eigenvalue weighted by Crippen LogP contribution is 2.16. The average molecular weight is 297 g/mol. The number of aromatic nitrogens is 2. The van der Waals surface area contributed by atoms with E-state index < -0.39 is 0 Å². The molecule has 0 bridgehead atoms. The fourth-order valence-electron chi connectivity index (χ4n) is 2.22. The number of hydrogen-bond donors (Lipinski definition) is 1. The van der Waals surface area contributed by atoms with Crippen LogP contribution in [0.2, 0.25) is 0 Å². The molecule has 112 valence electrons. The molecule has 2 N–H and O–H groups in total. The van der Waals surface area contributed by atoms with Crippen molar-refractivity contribution in [2.45, 2.75) is 18.9 Å². The molecule has 1 heterocycles. The van der Waals surface area contributed by atoms with Crippen molar-refractivity contribution in [3.8, 4) is 0 Å². The van der Waals surface area contributed by atoms with Crippen LogP contribution in [0.5, 0.6) is 0 Å². The Kier molecular flexibility index (Phi) is 4.25. The molecule has 2 aromatic carbocycles. The summed E-state index contributed by atoms with van der Waals surface area (Å²) in [5.74, 6) is 0.630. The van der Waals surface area contributed by atoms with Gasteiger partial charge in [-0.25, -0.2) is 4.39 Å². The maximum Gasteiger partial charge on any atom is 0.233 e. The van der Waals surface area contributed by atoms with E-state index in [1.54, 1.807) is 12.1 Å². The number of hydrogen-bond acceptors (Lipinski definition) is 4. The third kappa shape index (κ3) is 3.56. The van der Waals surface area contributed by atoms with Gasteiger partial charge in [0, 0.05) is 0 Å². The van der Waals surface area contributed by atoms with Crippen LogP contribution in [-0.4, -0.2) is 10.2 Å². The van der Waals surface area contributed by atoms with Gasteiger partial charge in [-0.15, -0.1) is 10.2 Å². The molecule has 0 saturated heterocycles. The normalized spacial score (nSPS) is 12.3. The molecule has 0 fully saturated rings. The van der Waals surface area contributed by atoms with Gasteiger partial charge < -0.3 is 10.2 Å². The fraction of sp³-hybridized carbons (Fsp3) is 0.176. The summed E-state index contributed by atoms with van der Waals surface area (Å²) in [5, 5.41) is 8.02. The van der Waals surface area contributed by atoms with Crippen LogP contribution in [0.25, 0.3) is 0 Å². The van der Waals surface area contributed by atoms with Gasteiger partial charge in [-0.05, 0) is 29.7 Å². The quantitative estimate of drug-likeness (QED) is 0.786. The number of halogens is 1. The van der Waals surface area contributed by atoms with Gasteiger partial charge >= 0.3 is 0 Å². The van der Waals surface area contributed by atoms with E-state index in [1.165, 1.54) is 12.1 Å². The molecule has 0 aliphatic heterocycles. The van der Waals surface area contributed by atoms with Crippen LogP contribution in [-0.2, 0) is 12.8 Å². The first-order valence-corrected chi connectivity index (χ1v) is 7.07. The molecule has 0 amide bonds. The van der Waals surface area contributed by atoms with E-state index in [2.05, 4.69) is 10.2 Å². The van der Waals surface area contributed by atoms with Crippen molar-refractivity contribution in [3.63, 3.8) is 0 Å². The van der Waals surface area contributed by atoms with Gasteiger partial charge in [0.15, 0.2) is 0 Å². The van der Waals surface area contributed by atoms with E-state index in [4.69, 9.17) is 10.2 Å². The maximum absolute atomic E-state index is 12.9. The second-order valence-electron chi connectivity index (χ2n) is 5.13. The summed E-state index contributed by atoms with van der Waals surface area (Å²) in [6.45, 7) is 0. The Morgan fingerprint density at radius 1 is 0.955 bits per heavy atom. The molecule has 0 saturated carbocycles. The molecule has 0 radical (unpaired) electrons. The van der Waals surface area contributed by atoms with E-state index >= 15 is 0 Å². The molecule has 4 nitrogen and oxygen atoms in total. The standard InChI is InChI=1S/C17H16FN3O/c18-14-8-6-13(7-9-14)11-16-20-21-17(22-16)15(19)10-12-4-2-1-3-5-12/h1-9,15H,10-11,19H2. The first kappa shape index (κ1) is 14.4. The van der Waals surface area contributed by atoms with E-state index in [0.717, 1.165) is 11.1 Å². The van der Waals surface area contributed by atoms with Gasteiger partial charge in [0.1, 0.15) is 5.82 Å². The lowest BCUT2D eigenvalue weighted by atomic mass is 10.1. The highest BCUT2D eigenvalue weighted by molar-refractivity contribution is 5.19. The molecular formula is C17H16FN3O. The number of rotatable bonds is 5. The monoisotopic (exact) mass is 297 g/mol. The molecule has 5 heteroatoms. The zero-order valence-electron chi connectivity index (χ0n) is 11.9. The molecule has 0 aliphatic carbocycles. The highest BCUT2D eigenvalue weighted by atomic mass is 19.1. The Labute approximate surface area is 127 Å². The van der Waals surface area contributed by atoms with E-state index in [0.29, 0.717) is 24.6 Å². The Balaban J connectivity index is 1.66. The summed E-state index contributed by atoms with van der Waals surface area (Å²) >= 11 is 0. The van der Waals surface area contributed by atoms with Gasteiger partial charge in [-0.3, -0.25) is 0 Å². The van der Waals surface area contributed by atoms with Gasteiger partial charge in [-0.2, -0.15) is 0 Å². The minimum Gasteiger partial charge on any atom is -0.423 e. The van der Waals surface area contributed by atoms with Gasteiger partial charge in [-0.1, -0.05) is 42.5 Å². The van der Waals surface area contributed by atoms with Gasteiger partial charge in [0.05, 0.1) is 12.5 Å². The van der Waals surface area contributed by atoms with Crippen molar-refractivity contribution in [3.05, 3.63) is 83.3 Å². The van der Waals surface area contributed by atoms with Crippen molar-refractivity contribution in [2.75, 3.05) is 0 Å². The highest BCUT2D eigenvalue weighted by Gasteiger charge is 2.15. The van der Waals surface area contributed by atoms with Crippen molar-refractivity contribution in [1.29, 1.82) is 0 Å². The van der Waals surface area contributed by atoms with E-state index in [1.807, 2.05) is 30.3 Å². The molecule has 1 aromatic heterocycles. The minimum atomic E-state index is -0.336. The maximum atomic E-state index is 12.9. The smallest absolute Gasteiger partial charge is 0.233 e. The molecule has 1 unspecified atom stereocenters. The molecule has 3 rings (SSSR count). The van der Waals surface area contributed by atoms with Gasteiger partial charge in [0.25, 0.3) is 0 Å². The third-order valence-electron chi connectivity index (χ3n) is 3.37. The molecule has 0 aliphatic rings. The largest absolute Gasteiger partial charge is 0.423 e. The fourth-order valence-corrected chi connectivity index (χ4v) is 2.22. The Morgan fingerprint density at radius 2 is 1.68 bits per heavy atom. The Morgan fingerprint density at radius 3 is 2.41 bits per heavy atom. The van der Waals surface area contributed by atoms with Crippen molar-refractivity contribution < 1.29 is 8.81 Å². The molecule has 0 spiro atoms. The number of nitrogens with two attached hydrogens (primary N) is 1. The predicted molar refractivity (Wildman–Crippen MR) is 80.6 cm³/mol. The van der Waals surface area contributed by atoms with Crippen LogP contribution in [0.4, 0.5) is 4.39 Å². The Hall–Kier alpha value is -2.53. The SMILES string of the molecule is NC(Cc1ccccc1)c1nnc(Cc2ccc(F)cc2)o1. The molecular weight excluding hydrogens is 281 g/mol. The van der Waals surface area contributed by atoms with Crippen LogP contribution >= 0.6 is 0 Å². The number of nitrogens with zero attached hydrogens (tertiary/aromatic N) is 2. The van der Waals surface area contributed by atoms with Crippen LogP contribution in [0, 0.1) is 5.82 Å². The van der Waals surface area contributed by atoms with Crippen LogP contribution in [0.15, 0.2) is 59.0 Å². The lowest BCUT2D eigenvalue weighted by molar-refractivity contribution is 0.422. The minimum absolute atomic E-state index is 0.264. The van der Waals surface area contributed by atoms with Gasteiger partial charge in [0.2, 0.25) is 11.8 Å². The van der Waals surface area contributed by atoms with Crippen molar-refractivity contribution in [2.24, 2.45) is 5.73 Å². The van der Waals surface area contributed by atoms with Crippen LogP contribution in [0.3, 0.4) is 0 Å². The van der Waals surface area contributed by atoms with Crippen LogP contribution in [0.1, 0.15) is 29.0 Å². The summed E-state index contributed by atoms with van der Waals surface area (Å²) < 4.78 is 18.5. The zero-order valence-corrected chi connectivity index (χ0v) is 11.9. The van der Waals surface area contributed by atoms with Crippen molar-refractivity contribution in [1.82, 2.24) is 10.2 Å². The van der Waals surface area contributed by atoms with Crippen LogP contribution < -0.4 is 5.73 Å². The van der Waals surface area contributed by atoms with E-state index in [-0.39, 0.29) is 11.9 Å².